The highest BCUT2D eigenvalue weighted by molar-refractivity contribution is 6.38. The van der Waals surface area contributed by atoms with Gasteiger partial charge in [0, 0.05) is 0 Å². The van der Waals surface area contributed by atoms with E-state index in [9.17, 15) is 15.3 Å². The Balaban J connectivity index is 2.40. The summed E-state index contributed by atoms with van der Waals surface area (Å²) in [7, 11) is 0. The van der Waals surface area contributed by atoms with Gasteiger partial charge in [-0.2, -0.15) is 0 Å². The summed E-state index contributed by atoms with van der Waals surface area (Å²) < 4.78 is 0. The topological polar surface area (TPSA) is 60.7 Å². The summed E-state index contributed by atoms with van der Waals surface area (Å²) in [5.41, 5.74) is 0. The van der Waals surface area contributed by atoms with Gasteiger partial charge in [0.15, 0.2) is 0 Å². The second kappa shape index (κ2) is 5.21. The lowest BCUT2D eigenvalue weighted by Crippen LogP contribution is -1.85. The van der Waals surface area contributed by atoms with Gasteiger partial charge in [0.25, 0.3) is 0 Å². The van der Waals surface area contributed by atoms with Gasteiger partial charge in [0.2, 0.25) is 0 Å². The number of hydrogen-bond acceptors (Lipinski definition) is 3. The van der Waals surface area contributed by atoms with Crippen LogP contribution in [0.25, 0.3) is 32.3 Å². The number of halogens is 3. The molecule has 0 unspecified atom stereocenters. The Hall–Kier alpha value is -2.07. The van der Waals surface area contributed by atoms with E-state index in [1.165, 1.54) is 12.1 Å². The third kappa shape index (κ3) is 2.13. The van der Waals surface area contributed by atoms with Crippen molar-refractivity contribution in [3.05, 3.63) is 51.5 Å². The van der Waals surface area contributed by atoms with Crippen LogP contribution in [0.15, 0.2) is 36.4 Å². The highest BCUT2D eigenvalue weighted by Gasteiger charge is 2.15. The fraction of sp³-hybridized carbons (Fsp3) is 0. The highest BCUT2D eigenvalue weighted by atomic mass is 35.5. The van der Waals surface area contributed by atoms with Crippen LogP contribution >= 0.6 is 34.8 Å². The lowest BCUT2D eigenvalue weighted by atomic mass is 9.94. The molecule has 24 heavy (non-hydrogen) atoms. The van der Waals surface area contributed by atoms with E-state index in [-0.39, 0.29) is 32.3 Å². The summed E-state index contributed by atoms with van der Waals surface area (Å²) in [6, 6.07) is 9.50. The molecule has 4 aromatic carbocycles. The van der Waals surface area contributed by atoms with Crippen LogP contribution in [0, 0.1) is 0 Å². The van der Waals surface area contributed by atoms with Crippen molar-refractivity contribution in [1.29, 1.82) is 0 Å². The van der Waals surface area contributed by atoms with Crippen molar-refractivity contribution in [1.82, 2.24) is 0 Å². The third-order valence-electron chi connectivity index (χ3n) is 4.13. The van der Waals surface area contributed by atoms with E-state index in [1.54, 1.807) is 24.3 Å². The summed E-state index contributed by atoms with van der Waals surface area (Å²) in [5, 5.41) is 34.8. The van der Waals surface area contributed by atoms with Crippen molar-refractivity contribution in [2.45, 2.75) is 0 Å². The molecule has 0 aliphatic heterocycles. The van der Waals surface area contributed by atoms with Crippen molar-refractivity contribution >= 4 is 67.1 Å². The summed E-state index contributed by atoms with van der Waals surface area (Å²) in [4.78, 5) is 0. The van der Waals surface area contributed by atoms with Gasteiger partial charge in [-0.25, -0.2) is 0 Å². The van der Waals surface area contributed by atoms with Crippen LogP contribution < -0.4 is 0 Å². The van der Waals surface area contributed by atoms with Crippen LogP contribution in [0.5, 0.6) is 17.2 Å². The number of rotatable bonds is 0. The molecular weight excluding hydrogens is 371 g/mol. The fourth-order valence-electron chi connectivity index (χ4n) is 3.02. The first-order valence-corrected chi connectivity index (χ1v) is 8.09. The Morgan fingerprint density at radius 2 is 0.625 bits per heavy atom. The molecule has 4 rings (SSSR count). The fourth-order valence-corrected chi connectivity index (χ4v) is 3.51. The summed E-state index contributed by atoms with van der Waals surface area (Å²) in [6.07, 6.45) is 0. The zero-order valence-corrected chi connectivity index (χ0v) is 14.2. The first-order valence-electron chi connectivity index (χ1n) is 6.95. The molecule has 0 fully saturated rings. The number of fused-ring (bicyclic) bond motifs is 6. The minimum atomic E-state index is -0.0718. The SMILES string of the molecule is Oc1cc2c3cc(O)c(Cl)cc3c3cc(Cl)c(O)cc3c2cc1Cl. The van der Waals surface area contributed by atoms with Crippen LogP contribution in [0.2, 0.25) is 15.1 Å². The van der Waals surface area contributed by atoms with Crippen LogP contribution in [-0.2, 0) is 0 Å². The van der Waals surface area contributed by atoms with E-state index < -0.39 is 0 Å². The minimum absolute atomic E-state index is 0.0566. The molecule has 3 nitrogen and oxygen atoms in total. The van der Waals surface area contributed by atoms with E-state index in [0.717, 1.165) is 10.8 Å². The van der Waals surface area contributed by atoms with Crippen LogP contribution in [0.4, 0.5) is 0 Å². The van der Waals surface area contributed by atoms with E-state index >= 15 is 0 Å². The predicted octanol–water partition coefficient (Wildman–Crippen LogP) is 6.22. The van der Waals surface area contributed by atoms with Gasteiger partial charge in [-0.1, -0.05) is 34.8 Å². The quantitative estimate of drug-likeness (QED) is 0.318. The molecule has 0 radical (unpaired) electrons. The van der Waals surface area contributed by atoms with E-state index in [1.807, 2.05) is 0 Å². The second-order valence-corrected chi connectivity index (χ2v) is 6.77. The number of hydrogen-bond donors (Lipinski definition) is 3. The van der Waals surface area contributed by atoms with Gasteiger partial charge in [-0.15, -0.1) is 0 Å². The van der Waals surface area contributed by atoms with Gasteiger partial charge in [-0.3, -0.25) is 0 Å². The molecule has 3 N–H and O–H groups in total. The molecule has 0 saturated carbocycles. The number of benzene rings is 4. The van der Waals surface area contributed by atoms with E-state index in [0.29, 0.717) is 21.5 Å². The monoisotopic (exact) mass is 378 g/mol. The molecule has 0 bridgehead atoms. The van der Waals surface area contributed by atoms with E-state index in [2.05, 4.69) is 0 Å². The van der Waals surface area contributed by atoms with Gasteiger partial charge in [0.1, 0.15) is 17.2 Å². The highest BCUT2D eigenvalue weighted by Crippen LogP contribution is 2.44. The molecule has 0 spiro atoms. The molecule has 4 aromatic rings. The predicted molar refractivity (Wildman–Crippen MR) is 99.0 cm³/mol. The Labute approximate surface area is 151 Å². The van der Waals surface area contributed by atoms with Crippen molar-refractivity contribution < 1.29 is 15.3 Å². The lowest BCUT2D eigenvalue weighted by molar-refractivity contribution is 0.475. The Bertz CT molecular complexity index is 902. The molecular formula is C18H9Cl3O3. The largest absolute Gasteiger partial charge is 0.506 e. The molecule has 0 amide bonds. The lowest BCUT2D eigenvalue weighted by Gasteiger charge is -2.13. The zero-order valence-electron chi connectivity index (χ0n) is 11.9. The first-order chi connectivity index (χ1) is 11.4. The van der Waals surface area contributed by atoms with E-state index in [4.69, 9.17) is 34.8 Å². The van der Waals surface area contributed by atoms with Crippen molar-refractivity contribution in [3.63, 3.8) is 0 Å². The molecule has 0 aliphatic rings. The molecule has 0 atom stereocenters. The van der Waals surface area contributed by atoms with Gasteiger partial charge in [-0.05, 0) is 68.7 Å². The maximum Gasteiger partial charge on any atom is 0.134 e. The normalized spacial score (nSPS) is 11.6. The molecule has 0 aromatic heterocycles. The van der Waals surface area contributed by atoms with Crippen LogP contribution in [0.3, 0.4) is 0 Å². The number of phenols is 3. The van der Waals surface area contributed by atoms with Gasteiger partial charge >= 0.3 is 0 Å². The average molecular weight is 380 g/mol. The van der Waals surface area contributed by atoms with Crippen LogP contribution in [0.1, 0.15) is 0 Å². The molecule has 6 heteroatoms. The van der Waals surface area contributed by atoms with Crippen molar-refractivity contribution in [3.8, 4) is 17.2 Å². The minimum Gasteiger partial charge on any atom is -0.506 e. The molecule has 0 heterocycles. The third-order valence-corrected chi connectivity index (χ3v) is 5.04. The maximum absolute atomic E-state index is 9.99. The Morgan fingerprint density at radius 1 is 0.417 bits per heavy atom. The first kappa shape index (κ1) is 15.5. The van der Waals surface area contributed by atoms with Crippen molar-refractivity contribution in [2.24, 2.45) is 0 Å². The molecule has 120 valence electrons. The van der Waals surface area contributed by atoms with Gasteiger partial charge in [0.05, 0.1) is 15.1 Å². The summed E-state index contributed by atoms with van der Waals surface area (Å²) in [6.45, 7) is 0. The molecule has 0 aliphatic carbocycles. The standard InChI is InChI=1S/C18H9Cl3O3/c19-13-1-7-8-2-14(20)17(23)5-11(8)12-6-18(24)15(21)3-9(12)10(7)4-16(13)22/h1-6,22-24H. The zero-order chi connectivity index (χ0) is 17.2. The summed E-state index contributed by atoms with van der Waals surface area (Å²) >= 11 is 18.2. The second-order valence-electron chi connectivity index (χ2n) is 5.55. The Kier molecular flexibility index (Phi) is 3.36. The molecule has 0 saturated heterocycles. The summed E-state index contributed by atoms with van der Waals surface area (Å²) in [5.74, 6) is -0.194. The van der Waals surface area contributed by atoms with Crippen molar-refractivity contribution in [2.75, 3.05) is 0 Å². The maximum atomic E-state index is 9.99. The Morgan fingerprint density at radius 3 is 0.875 bits per heavy atom. The smallest absolute Gasteiger partial charge is 0.134 e. The van der Waals surface area contributed by atoms with Crippen LogP contribution in [-0.4, -0.2) is 15.3 Å². The number of aromatic hydroxyl groups is 3. The number of phenolic OH excluding ortho intramolecular Hbond substituents is 3. The average Bonchev–Trinajstić information content (AvgIpc) is 2.53. The van der Waals surface area contributed by atoms with Gasteiger partial charge < -0.3 is 15.3 Å².